The molecule has 0 N–H and O–H groups in total. The van der Waals surface area contributed by atoms with Crippen molar-refractivity contribution in [1.29, 1.82) is 0 Å². The SMILES string of the molecule is C=CC(=O)C(C)(OCC)C(C)=O. The Morgan fingerprint density at radius 1 is 1.58 bits per heavy atom. The molecule has 3 nitrogen and oxygen atoms in total. The van der Waals surface area contributed by atoms with Gasteiger partial charge in [0.05, 0.1) is 0 Å². The van der Waals surface area contributed by atoms with Crippen LogP contribution in [-0.4, -0.2) is 23.8 Å². The van der Waals surface area contributed by atoms with Gasteiger partial charge >= 0.3 is 0 Å². The van der Waals surface area contributed by atoms with Gasteiger partial charge in [-0.1, -0.05) is 6.58 Å². The van der Waals surface area contributed by atoms with Gasteiger partial charge in [-0.15, -0.1) is 0 Å². The van der Waals surface area contributed by atoms with Crippen molar-refractivity contribution in [1.82, 2.24) is 0 Å². The van der Waals surface area contributed by atoms with Gasteiger partial charge in [-0.2, -0.15) is 0 Å². The second-order valence-electron chi connectivity index (χ2n) is 2.59. The van der Waals surface area contributed by atoms with Crippen LogP contribution in [0.25, 0.3) is 0 Å². The molecule has 0 fully saturated rings. The maximum atomic E-state index is 11.2. The van der Waals surface area contributed by atoms with Crippen molar-refractivity contribution in [3.05, 3.63) is 12.7 Å². The van der Waals surface area contributed by atoms with Crippen molar-refractivity contribution in [2.45, 2.75) is 26.4 Å². The molecule has 0 saturated heterocycles. The van der Waals surface area contributed by atoms with Crippen molar-refractivity contribution in [2.75, 3.05) is 6.61 Å². The molecule has 0 rings (SSSR count). The van der Waals surface area contributed by atoms with E-state index in [4.69, 9.17) is 4.74 Å². The zero-order valence-electron chi connectivity index (χ0n) is 7.72. The molecule has 0 bridgehead atoms. The van der Waals surface area contributed by atoms with Gasteiger partial charge in [0.15, 0.2) is 17.2 Å². The summed E-state index contributed by atoms with van der Waals surface area (Å²) in [5.41, 5.74) is -1.34. The van der Waals surface area contributed by atoms with Crippen LogP contribution in [0.15, 0.2) is 12.7 Å². The first-order chi connectivity index (χ1) is 5.49. The van der Waals surface area contributed by atoms with Gasteiger partial charge in [-0.3, -0.25) is 9.59 Å². The molecular formula is C9H14O3. The molecule has 0 aliphatic carbocycles. The summed E-state index contributed by atoms with van der Waals surface area (Å²) in [5.74, 6) is -0.689. The molecule has 1 unspecified atom stereocenters. The number of Topliss-reactive ketones (excluding diaryl/α,β-unsaturated/α-hetero) is 1. The van der Waals surface area contributed by atoms with E-state index >= 15 is 0 Å². The third-order valence-electron chi connectivity index (χ3n) is 1.76. The van der Waals surface area contributed by atoms with Gasteiger partial charge in [0.25, 0.3) is 0 Å². The smallest absolute Gasteiger partial charge is 0.194 e. The monoisotopic (exact) mass is 170 g/mol. The Kier molecular flexibility index (Phi) is 3.83. The third-order valence-corrected chi connectivity index (χ3v) is 1.76. The summed E-state index contributed by atoms with van der Waals surface area (Å²) in [7, 11) is 0. The van der Waals surface area contributed by atoms with E-state index in [0.29, 0.717) is 6.61 Å². The third kappa shape index (κ3) is 2.01. The summed E-state index contributed by atoms with van der Waals surface area (Å²) in [6.45, 7) is 8.16. The van der Waals surface area contributed by atoms with Gasteiger partial charge in [0, 0.05) is 6.61 Å². The first-order valence-electron chi connectivity index (χ1n) is 3.81. The summed E-state index contributed by atoms with van der Waals surface area (Å²) >= 11 is 0. The van der Waals surface area contributed by atoms with Crippen LogP contribution in [0.4, 0.5) is 0 Å². The Morgan fingerprint density at radius 3 is 2.33 bits per heavy atom. The molecule has 1 atom stereocenters. The predicted molar refractivity (Wildman–Crippen MR) is 45.9 cm³/mol. The molecular weight excluding hydrogens is 156 g/mol. The normalized spacial score (nSPS) is 14.9. The number of rotatable bonds is 5. The van der Waals surface area contributed by atoms with E-state index < -0.39 is 11.4 Å². The Hall–Kier alpha value is -0.960. The molecule has 0 amide bonds. The largest absolute Gasteiger partial charge is 0.360 e. The number of carbonyl (C=O) groups excluding carboxylic acids is 2. The molecule has 0 radical (unpaired) electrons. The highest BCUT2D eigenvalue weighted by Gasteiger charge is 2.36. The molecule has 68 valence electrons. The van der Waals surface area contributed by atoms with Crippen LogP contribution in [-0.2, 0) is 14.3 Å². The summed E-state index contributed by atoms with van der Waals surface area (Å²) in [5, 5.41) is 0. The minimum absolute atomic E-state index is 0.297. The average Bonchev–Trinajstić information content (AvgIpc) is 2.03. The van der Waals surface area contributed by atoms with Crippen LogP contribution < -0.4 is 0 Å². The lowest BCUT2D eigenvalue weighted by atomic mass is 9.96. The lowest BCUT2D eigenvalue weighted by Gasteiger charge is -2.23. The van der Waals surface area contributed by atoms with Crippen molar-refractivity contribution < 1.29 is 14.3 Å². The minimum Gasteiger partial charge on any atom is -0.360 e. The van der Waals surface area contributed by atoms with Crippen LogP contribution in [0.2, 0.25) is 0 Å². The standard InChI is InChI=1S/C9H14O3/c1-5-8(11)9(4,7(3)10)12-6-2/h5H,1,6H2,2-4H3. The molecule has 0 aromatic rings. The Bertz CT molecular complexity index is 208. The zero-order valence-corrected chi connectivity index (χ0v) is 7.72. The van der Waals surface area contributed by atoms with Gasteiger partial charge in [-0.25, -0.2) is 0 Å². The van der Waals surface area contributed by atoms with E-state index in [9.17, 15) is 9.59 Å². The summed E-state index contributed by atoms with van der Waals surface area (Å²) in [6, 6.07) is 0. The quantitative estimate of drug-likeness (QED) is 0.459. The number of hydrogen-bond donors (Lipinski definition) is 0. The van der Waals surface area contributed by atoms with E-state index in [2.05, 4.69) is 6.58 Å². The minimum atomic E-state index is -1.34. The lowest BCUT2D eigenvalue weighted by Crippen LogP contribution is -2.44. The summed E-state index contributed by atoms with van der Waals surface area (Å²) in [4.78, 5) is 22.3. The fraction of sp³-hybridized carbons (Fsp3) is 0.556. The number of carbonyl (C=O) groups is 2. The molecule has 0 aliphatic heterocycles. The second-order valence-corrected chi connectivity index (χ2v) is 2.59. The highest BCUT2D eigenvalue weighted by molar-refractivity contribution is 6.13. The van der Waals surface area contributed by atoms with E-state index in [-0.39, 0.29) is 5.78 Å². The average molecular weight is 170 g/mol. The predicted octanol–water partition coefficient (Wildman–Crippen LogP) is 1.13. The fourth-order valence-electron chi connectivity index (χ4n) is 0.830. The fourth-order valence-corrected chi connectivity index (χ4v) is 0.830. The number of ketones is 2. The highest BCUT2D eigenvalue weighted by Crippen LogP contribution is 2.13. The molecule has 0 aromatic carbocycles. The van der Waals surface area contributed by atoms with Gasteiger partial charge < -0.3 is 4.74 Å². The van der Waals surface area contributed by atoms with Crippen LogP contribution in [0.3, 0.4) is 0 Å². The van der Waals surface area contributed by atoms with Gasteiger partial charge in [0.2, 0.25) is 0 Å². The van der Waals surface area contributed by atoms with Crippen molar-refractivity contribution in [2.24, 2.45) is 0 Å². The molecule has 0 heterocycles. The molecule has 12 heavy (non-hydrogen) atoms. The molecule has 0 spiro atoms. The van der Waals surface area contributed by atoms with Gasteiger partial charge in [0.1, 0.15) is 0 Å². The molecule has 3 heteroatoms. The summed E-state index contributed by atoms with van der Waals surface area (Å²) < 4.78 is 5.07. The van der Waals surface area contributed by atoms with Crippen LogP contribution >= 0.6 is 0 Å². The molecule has 0 aromatic heterocycles. The zero-order chi connectivity index (χ0) is 9.78. The van der Waals surface area contributed by atoms with Crippen molar-refractivity contribution in [3.8, 4) is 0 Å². The van der Waals surface area contributed by atoms with Gasteiger partial charge in [-0.05, 0) is 26.8 Å². The molecule has 0 saturated carbocycles. The topological polar surface area (TPSA) is 43.4 Å². The first kappa shape index (κ1) is 11.0. The Balaban J connectivity index is 4.72. The number of ether oxygens (including phenoxy) is 1. The van der Waals surface area contributed by atoms with E-state index in [1.807, 2.05) is 0 Å². The van der Waals surface area contributed by atoms with E-state index in [1.165, 1.54) is 13.8 Å². The van der Waals surface area contributed by atoms with E-state index in [0.717, 1.165) is 6.08 Å². The van der Waals surface area contributed by atoms with Crippen molar-refractivity contribution >= 4 is 11.6 Å². The maximum absolute atomic E-state index is 11.2. The van der Waals surface area contributed by atoms with Crippen molar-refractivity contribution in [3.63, 3.8) is 0 Å². The second kappa shape index (κ2) is 4.16. The highest BCUT2D eigenvalue weighted by atomic mass is 16.5. The first-order valence-corrected chi connectivity index (χ1v) is 3.81. The number of hydrogen-bond acceptors (Lipinski definition) is 3. The Labute approximate surface area is 72.4 Å². The Morgan fingerprint density at radius 2 is 2.08 bits per heavy atom. The van der Waals surface area contributed by atoms with Crippen LogP contribution in [0.1, 0.15) is 20.8 Å². The molecule has 0 aliphatic rings. The lowest BCUT2D eigenvalue weighted by molar-refractivity contribution is -0.150. The van der Waals surface area contributed by atoms with Crippen LogP contribution in [0.5, 0.6) is 0 Å². The maximum Gasteiger partial charge on any atom is 0.194 e. The summed E-state index contributed by atoms with van der Waals surface area (Å²) in [6.07, 6.45) is 1.11. The van der Waals surface area contributed by atoms with E-state index in [1.54, 1.807) is 6.92 Å². The van der Waals surface area contributed by atoms with Crippen LogP contribution in [0, 0.1) is 0 Å².